The molecule has 1 N–H and O–H groups in total. The molecule has 1 aliphatic rings. The molecule has 3 rings (SSSR count). The molecule has 1 fully saturated rings. The number of alkyl carbamates (subject to hydrolysis) is 1. The Morgan fingerprint density at radius 1 is 1.26 bits per heavy atom. The Balaban J connectivity index is 1.71. The molecule has 11 heteroatoms. The number of carbonyl (C=O) groups is 4. The van der Waals surface area contributed by atoms with Gasteiger partial charge in [0.25, 0.3) is 0 Å². The first-order valence-corrected chi connectivity index (χ1v) is 11.3. The van der Waals surface area contributed by atoms with Crippen molar-refractivity contribution in [1.82, 2.24) is 15.2 Å². The van der Waals surface area contributed by atoms with Gasteiger partial charge in [0.2, 0.25) is 11.7 Å². The van der Waals surface area contributed by atoms with Gasteiger partial charge in [0, 0.05) is 6.42 Å². The molecule has 2 amide bonds. The van der Waals surface area contributed by atoms with Crippen LogP contribution >= 0.6 is 0 Å². The summed E-state index contributed by atoms with van der Waals surface area (Å²) in [4.78, 5) is 55.7. The lowest BCUT2D eigenvalue weighted by Crippen LogP contribution is -2.54. The van der Waals surface area contributed by atoms with Gasteiger partial charge in [0.15, 0.2) is 6.61 Å². The summed E-state index contributed by atoms with van der Waals surface area (Å²) < 4.78 is 24.6. The number of halogens is 1. The van der Waals surface area contributed by atoms with E-state index in [4.69, 9.17) is 4.74 Å². The number of carbonyl (C=O) groups excluding carboxylic acids is 4. The highest BCUT2D eigenvalue weighted by Crippen LogP contribution is 2.32. The van der Waals surface area contributed by atoms with Gasteiger partial charge in [0.1, 0.15) is 31.3 Å². The molecule has 0 radical (unpaired) electrons. The van der Waals surface area contributed by atoms with E-state index in [1.54, 1.807) is 32.0 Å². The minimum Gasteiger partial charge on any atom is -0.456 e. The average Bonchev–Trinajstić information content (AvgIpc) is 3.15. The van der Waals surface area contributed by atoms with E-state index in [0.29, 0.717) is 5.52 Å². The van der Waals surface area contributed by atoms with Crippen LogP contribution in [-0.4, -0.2) is 79.5 Å². The number of nitrogens with one attached hydrogen (secondary N) is 1. The Hall–Kier alpha value is -3.50. The van der Waals surface area contributed by atoms with Crippen LogP contribution in [-0.2, 0) is 19.1 Å². The number of Topliss-reactive ketones (excluding diaryl/α,β-unsaturated/α-hetero) is 1. The van der Waals surface area contributed by atoms with Crippen LogP contribution in [0.5, 0.6) is 0 Å². The van der Waals surface area contributed by atoms with E-state index in [9.17, 15) is 23.6 Å². The number of likely N-dealkylation sites (tertiary alicyclic amines) is 1. The van der Waals surface area contributed by atoms with E-state index < -0.39 is 48.1 Å². The van der Waals surface area contributed by atoms with Crippen molar-refractivity contribution in [3.05, 3.63) is 36.0 Å². The lowest BCUT2D eigenvalue weighted by Gasteiger charge is -2.29. The Kier molecular flexibility index (Phi) is 7.77. The van der Waals surface area contributed by atoms with Crippen LogP contribution in [0.3, 0.4) is 0 Å². The highest BCUT2D eigenvalue weighted by atomic mass is 19.1. The van der Waals surface area contributed by atoms with Gasteiger partial charge < -0.3 is 19.7 Å². The summed E-state index contributed by atoms with van der Waals surface area (Å²) in [6.07, 6.45) is -1.11. The van der Waals surface area contributed by atoms with E-state index in [0.717, 1.165) is 22.9 Å². The number of esters is 1. The summed E-state index contributed by atoms with van der Waals surface area (Å²) in [7, 11) is 3.11. The molecule has 1 saturated heterocycles. The van der Waals surface area contributed by atoms with Crippen molar-refractivity contribution in [3.63, 3.8) is 0 Å². The Bertz CT molecular complexity index is 1160. The van der Waals surface area contributed by atoms with Gasteiger partial charge in [-0.3, -0.25) is 9.59 Å². The third-order valence-corrected chi connectivity index (χ3v) is 5.92. The molecule has 1 aromatic heterocycles. The van der Waals surface area contributed by atoms with E-state index in [1.807, 2.05) is 20.0 Å². The maximum Gasteiger partial charge on any atom is 0.407 e. The summed E-state index contributed by atoms with van der Waals surface area (Å²) >= 11 is 0. The number of amides is 2. The molecule has 0 aliphatic carbocycles. The van der Waals surface area contributed by atoms with Crippen LogP contribution in [0.2, 0.25) is 0 Å². The number of nitrogens with zero attached hydrogens (tertiary/aromatic N) is 2. The summed E-state index contributed by atoms with van der Waals surface area (Å²) in [5.74, 6) is -2.40. The van der Waals surface area contributed by atoms with Crippen molar-refractivity contribution >= 4 is 48.0 Å². The van der Waals surface area contributed by atoms with Gasteiger partial charge in [-0.15, -0.1) is 0 Å². The third-order valence-electron chi connectivity index (χ3n) is 5.92. The van der Waals surface area contributed by atoms with Crippen LogP contribution in [0.15, 0.2) is 30.3 Å². The van der Waals surface area contributed by atoms with Gasteiger partial charge in [-0.2, -0.15) is 0 Å². The van der Waals surface area contributed by atoms with Crippen LogP contribution in [0, 0.1) is 5.92 Å². The second-order valence-electron chi connectivity index (χ2n) is 9.38. The number of ether oxygens (including phenoxy) is 2. The fourth-order valence-corrected chi connectivity index (χ4v) is 4.07. The number of hydrogen-bond acceptors (Lipinski definition) is 7. The molecule has 2 heterocycles. The molecule has 35 heavy (non-hydrogen) atoms. The van der Waals surface area contributed by atoms with Crippen LogP contribution in [0.25, 0.3) is 10.9 Å². The number of methoxy groups -OCH3 is 1. The molecule has 1 aromatic carbocycles. The molecule has 186 valence electrons. The fraction of sp³-hybridized carbons (Fsp3) is 0.458. The maximum absolute atomic E-state index is 14.9. The van der Waals surface area contributed by atoms with Gasteiger partial charge in [0.05, 0.1) is 19.2 Å². The van der Waals surface area contributed by atoms with Crippen molar-refractivity contribution in [2.75, 3.05) is 20.3 Å². The largest absolute Gasteiger partial charge is 0.456 e. The molecular formula is C24H29BFN3O6. The Labute approximate surface area is 203 Å². The molecule has 2 unspecified atom stereocenters. The number of rotatable bonds is 7. The van der Waals surface area contributed by atoms with Gasteiger partial charge in [-0.1, -0.05) is 37.5 Å². The first kappa shape index (κ1) is 26.1. The highest BCUT2D eigenvalue weighted by Gasteiger charge is 2.49. The third kappa shape index (κ3) is 6.15. The SMILES string of the molecule is Bc1ccc2nc(C(=O)COC(=O)C3CC(C)(F)CN3C(=O)[C@@H](NC(=O)OC)C(C)C)ccc2c1. The van der Waals surface area contributed by atoms with Gasteiger partial charge >= 0.3 is 12.1 Å². The van der Waals surface area contributed by atoms with E-state index in [-0.39, 0.29) is 24.6 Å². The normalized spacial score (nSPS) is 20.5. The van der Waals surface area contributed by atoms with Crippen LogP contribution in [0.4, 0.5) is 9.18 Å². The Morgan fingerprint density at radius 3 is 2.63 bits per heavy atom. The van der Waals surface area contributed by atoms with E-state index in [1.165, 1.54) is 6.92 Å². The van der Waals surface area contributed by atoms with Gasteiger partial charge in [-0.05, 0) is 30.4 Å². The molecule has 0 spiro atoms. The van der Waals surface area contributed by atoms with E-state index >= 15 is 0 Å². The zero-order chi connectivity index (χ0) is 25.9. The van der Waals surface area contributed by atoms with E-state index in [2.05, 4.69) is 15.0 Å². The number of benzene rings is 1. The molecular weight excluding hydrogens is 456 g/mol. The second kappa shape index (κ2) is 10.4. The minimum absolute atomic E-state index is 0.131. The summed E-state index contributed by atoms with van der Waals surface area (Å²) in [6.45, 7) is 3.74. The van der Waals surface area contributed by atoms with Gasteiger partial charge in [-0.25, -0.2) is 19.0 Å². The zero-order valence-corrected chi connectivity index (χ0v) is 20.5. The van der Waals surface area contributed by atoms with Crippen LogP contribution in [0.1, 0.15) is 37.7 Å². The minimum atomic E-state index is -1.84. The number of ketones is 1. The van der Waals surface area contributed by atoms with Crippen molar-refractivity contribution in [2.45, 2.75) is 44.9 Å². The molecule has 2 aromatic rings. The molecule has 0 bridgehead atoms. The fourth-order valence-electron chi connectivity index (χ4n) is 4.07. The number of alkyl halides is 1. The summed E-state index contributed by atoms with van der Waals surface area (Å²) in [6, 6.07) is 6.66. The second-order valence-corrected chi connectivity index (χ2v) is 9.38. The smallest absolute Gasteiger partial charge is 0.407 e. The molecule has 9 nitrogen and oxygen atoms in total. The Morgan fingerprint density at radius 2 is 1.97 bits per heavy atom. The van der Waals surface area contributed by atoms with Crippen molar-refractivity contribution in [1.29, 1.82) is 0 Å². The quantitative estimate of drug-likeness (QED) is 0.353. The number of aromatic nitrogens is 1. The lowest BCUT2D eigenvalue weighted by molar-refractivity contribution is -0.153. The summed E-state index contributed by atoms with van der Waals surface area (Å²) in [5.41, 5.74) is -0.0181. The monoisotopic (exact) mass is 485 g/mol. The standard InChI is InChI=1S/C24H29BFN3O6/c1-13(2)20(28-23(33)34-4)21(31)29-12-24(3,26)10-18(29)22(32)35-11-19(30)17-7-5-14-9-15(25)6-8-16(14)27-17/h5-9,13,18,20H,10-12,25H2,1-4H3,(H,28,33)/t18?,20-,24?/m0/s1. The number of hydrogen-bond donors (Lipinski definition) is 1. The molecule has 3 atom stereocenters. The topological polar surface area (TPSA) is 115 Å². The number of pyridine rings is 1. The average molecular weight is 485 g/mol. The van der Waals surface area contributed by atoms with Crippen molar-refractivity contribution < 1.29 is 33.0 Å². The first-order valence-electron chi connectivity index (χ1n) is 11.3. The predicted octanol–water partition coefficient (Wildman–Crippen LogP) is 0.929. The van der Waals surface area contributed by atoms with Crippen molar-refractivity contribution in [3.8, 4) is 0 Å². The number of fused-ring (bicyclic) bond motifs is 1. The lowest BCUT2D eigenvalue weighted by atomic mass is 9.94. The molecule has 0 saturated carbocycles. The van der Waals surface area contributed by atoms with Crippen LogP contribution < -0.4 is 10.8 Å². The van der Waals surface area contributed by atoms with Crippen molar-refractivity contribution in [2.24, 2.45) is 5.92 Å². The maximum atomic E-state index is 14.9. The predicted molar refractivity (Wildman–Crippen MR) is 129 cm³/mol. The molecule has 1 aliphatic heterocycles. The highest BCUT2D eigenvalue weighted by molar-refractivity contribution is 6.33. The zero-order valence-electron chi connectivity index (χ0n) is 20.5. The summed E-state index contributed by atoms with van der Waals surface area (Å²) in [5, 5.41) is 3.31. The first-order chi connectivity index (χ1) is 16.4.